The smallest absolute Gasteiger partial charge is 0.275 e. The van der Waals surface area contributed by atoms with Gasteiger partial charge in [-0.3, -0.25) is 4.79 Å². The number of rotatable bonds is 4. The molecule has 0 radical (unpaired) electrons. The van der Waals surface area contributed by atoms with Crippen molar-refractivity contribution >= 4 is 38.1 Å². The maximum atomic E-state index is 12.1. The van der Waals surface area contributed by atoms with Crippen LogP contribution in [-0.2, 0) is 4.74 Å². The fraction of sp³-hybridized carbons (Fsp3) is 0.538. The van der Waals surface area contributed by atoms with Gasteiger partial charge in [0.05, 0.1) is 22.8 Å². The molecule has 20 heavy (non-hydrogen) atoms. The Labute approximate surface area is 123 Å². The molecule has 4 rings (SSSR count). The molecule has 5 nitrogen and oxygen atoms in total. The van der Waals surface area contributed by atoms with Crippen LogP contribution in [0.1, 0.15) is 23.0 Å². The van der Waals surface area contributed by atoms with Crippen molar-refractivity contribution in [2.45, 2.75) is 25.5 Å². The minimum Gasteiger partial charge on any atom is -0.462 e. The van der Waals surface area contributed by atoms with Gasteiger partial charge in [-0.05, 0) is 18.4 Å². The van der Waals surface area contributed by atoms with E-state index in [2.05, 4.69) is 17.2 Å². The maximum Gasteiger partial charge on any atom is 0.275 e. The first-order valence-electron chi connectivity index (χ1n) is 6.64. The van der Waals surface area contributed by atoms with Gasteiger partial charge in [-0.15, -0.1) is 11.3 Å². The molecule has 2 aromatic rings. The second-order valence-electron chi connectivity index (χ2n) is 5.33. The first kappa shape index (κ1) is 12.6. The average molecular weight is 310 g/mol. The third-order valence-electron chi connectivity index (χ3n) is 3.59. The largest absolute Gasteiger partial charge is 0.462 e. The lowest BCUT2D eigenvalue weighted by atomic mass is 10.3. The molecule has 0 spiro atoms. The van der Waals surface area contributed by atoms with Crippen molar-refractivity contribution in [2.75, 3.05) is 13.2 Å². The van der Waals surface area contributed by atoms with Gasteiger partial charge in [0.2, 0.25) is 0 Å². The number of fused-ring (bicyclic) bond motifs is 1. The Morgan fingerprint density at radius 3 is 2.90 bits per heavy atom. The zero-order valence-electron chi connectivity index (χ0n) is 10.9. The van der Waals surface area contributed by atoms with Gasteiger partial charge in [0.1, 0.15) is 10.9 Å². The second kappa shape index (κ2) is 4.68. The van der Waals surface area contributed by atoms with Crippen molar-refractivity contribution in [3.63, 3.8) is 0 Å². The van der Waals surface area contributed by atoms with E-state index < -0.39 is 0 Å². The molecule has 2 atom stereocenters. The Morgan fingerprint density at radius 1 is 1.50 bits per heavy atom. The molecule has 1 aliphatic heterocycles. The number of ether oxygens (including phenoxy) is 2. The number of hydrogen-bond acceptors (Lipinski definition) is 6. The summed E-state index contributed by atoms with van der Waals surface area (Å²) in [6.45, 7) is 3.42. The van der Waals surface area contributed by atoms with E-state index in [-0.39, 0.29) is 12.0 Å². The molecule has 2 fully saturated rings. The van der Waals surface area contributed by atoms with Crippen LogP contribution in [0.5, 0.6) is 5.19 Å². The van der Waals surface area contributed by atoms with E-state index in [1.807, 2.05) is 6.07 Å². The molecule has 106 valence electrons. The third-order valence-corrected chi connectivity index (χ3v) is 5.64. The fourth-order valence-corrected chi connectivity index (χ4v) is 4.09. The predicted octanol–water partition coefficient (Wildman–Crippen LogP) is 2.27. The Hall–Kier alpha value is -1.18. The van der Waals surface area contributed by atoms with Gasteiger partial charge < -0.3 is 14.8 Å². The number of carbonyl (C=O) groups excluding carboxylic acids is 1. The molecule has 2 aliphatic rings. The van der Waals surface area contributed by atoms with Crippen molar-refractivity contribution in [2.24, 2.45) is 5.92 Å². The van der Waals surface area contributed by atoms with E-state index in [1.54, 1.807) is 0 Å². The molecule has 0 bridgehead atoms. The van der Waals surface area contributed by atoms with Gasteiger partial charge in [0.25, 0.3) is 11.1 Å². The molecule has 1 N–H and O–H groups in total. The van der Waals surface area contributed by atoms with Gasteiger partial charge in [-0.25, -0.2) is 0 Å². The third kappa shape index (κ3) is 2.30. The summed E-state index contributed by atoms with van der Waals surface area (Å²) in [6, 6.07) is 2.26. The number of amides is 1. The first-order valence-corrected chi connectivity index (χ1v) is 8.28. The van der Waals surface area contributed by atoms with E-state index in [0.29, 0.717) is 30.4 Å². The first-order chi connectivity index (χ1) is 9.69. The minimum atomic E-state index is 0.0180. The van der Waals surface area contributed by atoms with Crippen LogP contribution in [0, 0.1) is 5.92 Å². The SMILES string of the molecule is C[C@H]1C[C@@H]1NC(=O)c1cc2sc(OC3COC3)nc2s1. The van der Waals surface area contributed by atoms with Gasteiger partial charge in [0, 0.05) is 6.04 Å². The number of thiophene rings is 1. The molecule has 2 aromatic heterocycles. The molecule has 1 aliphatic carbocycles. The maximum absolute atomic E-state index is 12.1. The van der Waals surface area contributed by atoms with Gasteiger partial charge in [0.15, 0.2) is 0 Å². The van der Waals surface area contributed by atoms with Crippen molar-refractivity contribution < 1.29 is 14.3 Å². The van der Waals surface area contributed by atoms with Gasteiger partial charge >= 0.3 is 0 Å². The summed E-state index contributed by atoms with van der Waals surface area (Å²) < 4.78 is 11.8. The van der Waals surface area contributed by atoms with Gasteiger partial charge in [-0.2, -0.15) is 4.98 Å². The fourth-order valence-electron chi connectivity index (χ4n) is 2.07. The molecule has 7 heteroatoms. The molecular formula is C13H14N2O3S2. The van der Waals surface area contributed by atoms with Crippen LogP contribution >= 0.6 is 22.7 Å². The van der Waals surface area contributed by atoms with Crippen molar-refractivity contribution in [3.05, 3.63) is 10.9 Å². The summed E-state index contributed by atoms with van der Waals surface area (Å²) in [4.78, 5) is 18.1. The zero-order chi connectivity index (χ0) is 13.7. The molecule has 1 amide bonds. The molecule has 3 heterocycles. The Balaban J connectivity index is 1.48. The van der Waals surface area contributed by atoms with E-state index in [0.717, 1.165) is 20.8 Å². The molecule has 0 aromatic carbocycles. The summed E-state index contributed by atoms with van der Waals surface area (Å²) in [5, 5.41) is 3.71. The van der Waals surface area contributed by atoms with Crippen LogP contribution in [0.3, 0.4) is 0 Å². The second-order valence-corrected chi connectivity index (χ2v) is 7.35. The number of nitrogens with one attached hydrogen (secondary N) is 1. The normalized spacial score (nSPS) is 25.4. The lowest BCUT2D eigenvalue weighted by Gasteiger charge is -2.25. The van der Waals surface area contributed by atoms with Crippen LogP contribution in [0.4, 0.5) is 0 Å². The number of aromatic nitrogens is 1. The Kier molecular flexibility index (Phi) is 2.94. The standard InChI is InChI=1S/C13H14N2O3S2/c1-6-2-8(6)14-11(16)9-3-10-12(19-9)15-13(20-10)18-7-4-17-5-7/h3,6-8H,2,4-5H2,1H3,(H,14,16)/t6-,8-/m0/s1. The lowest BCUT2D eigenvalue weighted by molar-refractivity contribution is -0.0796. The van der Waals surface area contributed by atoms with E-state index in [9.17, 15) is 4.79 Å². The molecule has 1 saturated carbocycles. The van der Waals surface area contributed by atoms with Crippen LogP contribution < -0.4 is 10.1 Å². The Bertz CT molecular complexity index is 630. The summed E-state index contributed by atoms with van der Waals surface area (Å²) in [5.74, 6) is 0.632. The summed E-state index contributed by atoms with van der Waals surface area (Å²) in [6.07, 6.45) is 1.22. The highest BCUT2D eigenvalue weighted by Gasteiger charge is 2.34. The zero-order valence-corrected chi connectivity index (χ0v) is 12.6. The van der Waals surface area contributed by atoms with Crippen LogP contribution in [0.15, 0.2) is 6.07 Å². The van der Waals surface area contributed by atoms with Crippen LogP contribution in [0.2, 0.25) is 0 Å². The molecule has 1 saturated heterocycles. The quantitative estimate of drug-likeness (QED) is 0.941. The van der Waals surface area contributed by atoms with Crippen LogP contribution in [0.25, 0.3) is 9.53 Å². The average Bonchev–Trinajstić information content (AvgIpc) is 2.77. The van der Waals surface area contributed by atoms with E-state index >= 15 is 0 Å². The van der Waals surface area contributed by atoms with E-state index in [4.69, 9.17) is 9.47 Å². The van der Waals surface area contributed by atoms with Crippen molar-refractivity contribution in [3.8, 4) is 5.19 Å². The van der Waals surface area contributed by atoms with E-state index in [1.165, 1.54) is 22.7 Å². The lowest BCUT2D eigenvalue weighted by Crippen LogP contribution is -2.38. The topological polar surface area (TPSA) is 60.5 Å². The van der Waals surface area contributed by atoms with Crippen LogP contribution in [-0.4, -0.2) is 36.3 Å². The van der Waals surface area contributed by atoms with Gasteiger partial charge in [-0.1, -0.05) is 18.3 Å². The number of carbonyl (C=O) groups is 1. The monoisotopic (exact) mass is 310 g/mol. The number of nitrogens with zero attached hydrogens (tertiary/aromatic N) is 1. The molecular weight excluding hydrogens is 296 g/mol. The molecule has 0 unspecified atom stereocenters. The van der Waals surface area contributed by atoms with Crippen molar-refractivity contribution in [1.82, 2.24) is 10.3 Å². The highest BCUT2D eigenvalue weighted by molar-refractivity contribution is 7.28. The number of thiazole rings is 1. The Morgan fingerprint density at radius 2 is 2.30 bits per heavy atom. The van der Waals surface area contributed by atoms with Crippen molar-refractivity contribution in [1.29, 1.82) is 0 Å². The highest BCUT2D eigenvalue weighted by Crippen LogP contribution is 2.35. The summed E-state index contributed by atoms with van der Waals surface area (Å²) in [5.41, 5.74) is 0. The summed E-state index contributed by atoms with van der Waals surface area (Å²) >= 11 is 2.92. The predicted molar refractivity (Wildman–Crippen MR) is 77.8 cm³/mol. The highest BCUT2D eigenvalue weighted by atomic mass is 32.1. The minimum absolute atomic E-state index is 0.0180. The summed E-state index contributed by atoms with van der Waals surface area (Å²) in [7, 11) is 0. The number of hydrogen-bond donors (Lipinski definition) is 1.